The highest BCUT2D eigenvalue weighted by Gasteiger charge is 2.87. The molecule has 2 saturated carbocycles. The number of epoxide rings is 1. The average molecular weight is 704 g/mol. The molecule has 2 aromatic rings. The van der Waals surface area contributed by atoms with Gasteiger partial charge in [0.15, 0.2) is 17.5 Å². The van der Waals surface area contributed by atoms with Gasteiger partial charge in [0.25, 0.3) is 0 Å². The Labute approximate surface area is 299 Å². The Balaban J connectivity index is 1.14. The number of rotatable bonds is 3. The molecule has 2 N–H and O–H groups in total. The number of H-pyrrole nitrogens is 1. The van der Waals surface area contributed by atoms with E-state index in [0.717, 1.165) is 41.6 Å². The molecule has 4 heterocycles. The summed E-state index contributed by atoms with van der Waals surface area (Å²) in [5.74, 6) is -0.593. The van der Waals surface area contributed by atoms with Crippen molar-refractivity contribution in [2.45, 2.75) is 166 Å². The molecule has 0 amide bonds. The number of hydrogen-bond acceptors (Lipinski definition) is 9. The molecular formula is C41H53NO9. The summed E-state index contributed by atoms with van der Waals surface area (Å²) in [6.07, 6.45) is 1.57. The van der Waals surface area contributed by atoms with Crippen molar-refractivity contribution in [2.24, 2.45) is 23.2 Å². The van der Waals surface area contributed by atoms with Gasteiger partial charge in [0.05, 0.1) is 23.2 Å². The molecular weight excluding hydrogens is 650 g/mol. The Kier molecular flexibility index (Phi) is 6.56. The van der Waals surface area contributed by atoms with Gasteiger partial charge in [0, 0.05) is 52.8 Å². The van der Waals surface area contributed by atoms with Crippen LogP contribution >= 0.6 is 0 Å². The number of esters is 2. The first-order valence-electron chi connectivity index (χ1n) is 19.0. The van der Waals surface area contributed by atoms with Gasteiger partial charge in [0.1, 0.15) is 23.4 Å². The van der Waals surface area contributed by atoms with Crippen LogP contribution in [0.5, 0.6) is 0 Å². The van der Waals surface area contributed by atoms with Crippen LogP contribution in [0.3, 0.4) is 0 Å². The topological polar surface area (TPSA) is 137 Å². The lowest BCUT2D eigenvalue weighted by atomic mass is 9.40. The Morgan fingerprint density at radius 1 is 0.961 bits per heavy atom. The van der Waals surface area contributed by atoms with Gasteiger partial charge in [-0.25, -0.2) is 0 Å². The molecule has 0 bridgehead atoms. The number of nitrogens with one attached hydrogen (secondary N) is 1. The molecule has 10 heteroatoms. The largest absolute Gasteiger partial charge is 0.457 e. The van der Waals surface area contributed by atoms with Gasteiger partial charge < -0.3 is 33.8 Å². The molecule has 9 rings (SSSR count). The predicted octanol–water partition coefficient (Wildman–Crippen LogP) is 5.66. The number of aliphatic hydroxyl groups is 1. The van der Waals surface area contributed by atoms with E-state index in [1.807, 2.05) is 6.07 Å². The smallest absolute Gasteiger partial charge is 0.303 e. The van der Waals surface area contributed by atoms with Crippen LogP contribution in [-0.4, -0.2) is 80.2 Å². The zero-order valence-corrected chi connectivity index (χ0v) is 31.7. The van der Waals surface area contributed by atoms with Gasteiger partial charge in [-0.2, -0.15) is 0 Å². The van der Waals surface area contributed by atoms with Gasteiger partial charge in [-0.3, -0.25) is 14.4 Å². The number of ketones is 1. The molecule has 51 heavy (non-hydrogen) atoms. The summed E-state index contributed by atoms with van der Waals surface area (Å²) in [5, 5.41) is 14.6. The highest BCUT2D eigenvalue weighted by molar-refractivity contribution is 6.06. The van der Waals surface area contributed by atoms with Crippen LogP contribution in [0.1, 0.15) is 122 Å². The van der Waals surface area contributed by atoms with Crippen LogP contribution in [0.2, 0.25) is 0 Å². The third-order valence-electron chi connectivity index (χ3n) is 15.4. The van der Waals surface area contributed by atoms with Crippen LogP contribution in [-0.2, 0) is 51.5 Å². The van der Waals surface area contributed by atoms with E-state index < -0.39 is 75.2 Å². The Hall–Kier alpha value is -2.79. The molecule has 3 aliphatic heterocycles. The lowest BCUT2D eigenvalue weighted by Gasteiger charge is -2.66. The molecule has 1 aromatic heterocycles. The molecule has 11 atom stereocenters. The van der Waals surface area contributed by atoms with E-state index in [4.69, 9.17) is 23.7 Å². The van der Waals surface area contributed by atoms with Crippen molar-refractivity contribution in [2.75, 3.05) is 0 Å². The number of carbonyl (C=O) groups excluding carboxylic acids is 3. The summed E-state index contributed by atoms with van der Waals surface area (Å²) in [6, 6.07) is 4.09. The zero-order valence-electron chi connectivity index (χ0n) is 31.7. The van der Waals surface area contributed by atoms with Gasteiger partial charge in [-0.15, -0.1) is 0 Å². The molecule has 1 aromatic carbocycles. The van der Waals surface area contributed by atoms with E-state index in [0.29, 0.717) is 19.3 Å². The summed E-state index contributed by atoms with van der Waals surface area (Å²) < 4.78 is 31.7. The molecule has 7 aliphatic rings. The van der Waals surface area contributed by atoms with Crippen molar-refractivity contribution in [3.63, 3.8) is 0 Å². The number of aromatic nitrogens is 1. The molecule has 0 radical (unpaired) electrons. The predicted molar refractivity (Wildman–Crippen MR) is 186 cm³/mol. The second-order valence-electron chi connectivity index (χ2n) is 19.0. The van der Waals surface area contributed by atoms with Crippen molar-refractivity contribution >= 4 is 28.6 Å². The second-order valence-corrected chi connectivity index (χ2v) is 19.0. The fourth-order valence-electron chi connectivity index (χ4n) is 13.3. The van der Waals surface area contributed by atoms with Gasteiger partial charge in [-0.05, 0) is 109 Å². The third-order valence-corrected chi connectivity index (χ3v) is 15.4. The van der Waals surface area contributed by atoms with Crippen molar-refractivity contribution in [1.29, 1.82) is 0 Å². The zero-order chi connectivity index (χ0) is 36.6. The molecule has 2 unspecified atom stereocenters. The van der Waals surface area contributed by atoms with E-state index in [2.05, 4.69) is 52.6 Å². The summed E-state index contributed by atoms with van der Waals surface area (Å²) in [6.45, 7) is 19.1. The van der Waals surface area contributed by atoms with Crippen molar-refractivity contribution in [3.8, 4) is 0 Å². The Morgan fingerprint density at radius 3 is 2.37 bits per heavy atom. The third kappa shape index (κ3) is 3.90. The normalized spacial score (nSPS) is 43.9. The molecule has 276 valence electrons. The van der Waals surface area contributed by atoms with E-state index >= 15 is 0 Å². The van der Waals surface area contributed by atoms with Crippen molar-refractivity contribution in [1.82, 2.24) is 4.98 Å². The van der Waals surface area contributed by atoms with E-state index in [9.17, 15) is 19.5 Å². The number of hydrogen-bond donors (Lipinski definition) is 2. The molecule has 1 spiro atoms. The first kappa shape index (κ1) is 34.0. The maximum atomic E-state index is 14.3. The lowest BCUT2D eigenvalue weighted by Crippen LogP contribution is -2.77. The highest BCUT2D eigenvalue weighted by Crippen LogP contribution is 2.75. The average Bonchev–Trinajstić information content (AvgIpc) is 3.51. The molecule has 5 fully saturated rings. The maximum absolute atomic E-state index is 14.3. The van der Waals surface area contributed by atoms with Crippen LogP contribution in [0.25, 0.3) is 10.9 Å². The van der Waals surface area contributed by atoms with E-state index in [-0.39, 0.29) is 23.5 Å². The first-order chi connectivity index (χ1) is 23.6. The quantitative estimate of drug-likeness (QED) is 0.307. The van der Waals surface area contributed by atoms with Gasteiger partial charge in [0.2, 0.25) is 0 Å². The minimum atomic E-state index is -1.30. The molecule has 3 saturated heterocycles. The van der Waals surface area contributed by atoms with Crippen molar-refractivity contribution < 1.29 is 43.2 Å². The Morgan fingerprint density at radius 2 is 1.69 bits per heavy atom. The first-order valence-corrected chi connectivity index (χ1v) is 19.0. The highest BCUT2D eigenvalue weighted by atomic mass is 16.7. The van der Waals surface area contributed by atoms with E-state index in [1.54, 1.807) is 13.8 Å². The van der Waals surface area contributed by atoms with E-state index in [1.165, 1.54) is 24.8 Å². The monoisotopic (exact) mass is 703 g/mol. The number of benzene rings is 1. The summed E-state index contributed by atoms with van der Waals surface area (Å²) in [7, 11) is 0. The standard InChI is InChI=1S/C41H53NO9/c1-19(43)47-31-33(37(7,8)49-20(2)44)48-27-14-15-38(9)39(10)21(13-16-40(38,46)41(27)34(31)50-41)17-24-28-23-18-25-29(36(5,6)51-35(25,3)4)30(45)22(23)11-12-26(28)42-32(24)39/h11-12,21,25,27,29,31,33-34,42,46H,13-18H2,1-10H3/t21?,25-,27?,29+,31-,33+,34+,38-,39-,40+,41+/m1/s1. The molecule has 4 aliphatic carbocycles. The van der Waals surface area contributed by atoms with Gasteiger partial charge in [-0.1, -0.05) is 13.8 Å². The number of carbonyl (C=O) groups is 3. The lowest BCUT2D eigenvalue weighted by molar-refractivity contribution is -0.283. The number of aromatic amines is 1. The SMILES string of the molecule is CC(=O)O[C@@H]1[C@@H](C(C)(C)OC(C)=O)OC2CC[C@@]3(C)[C@@](O)(CCC4Cc5c([nH]c6ccc7c(c56)C[C@@H]5[C@@H](C7=O)C(C)(C)OC5(C)C)[C@@]43C)[C@]23O[C@@H]13. The minimum absolute atomic E-state index is 0.0787. The van der Waals surface area contributed by atoms with Gasteiger partial charge >= 0.3 is 11.9 Å². The van der Waals surface area contributed by atoms with Crippen LogP contribution in [0, 0.1) is 23.2 Å². The number of Topliss-reactive ketones (excluding diaryl/α,β-unsaturated/α-hetero) is 1. The summed E-state index contributed by atoms with van der Waals surface area (Å²) in [5.41, 5.74) is -0.0903. The van der Waals surface area contributed by atoms with Crippen molar-refractivity contribution in [3.05, 3.63) is 34.5 Å². The Bertz CT molecular complexity index is 1930. The molecule has 10 nitrogen and oxygen atoms in total. The van der Waals surface area contributed by atoms with Crippen LogP contribution < -0.4 is 0 Å². The minimum Gasteiger partial charge on any atom is -0.457 e. The van der Waals surface area contributed by atoms with Crippen LogP contribution in [0.15, 0.2) is 12.1 Å². The summed E-state index contributed by atoms with van der Waals surface area (Å²) in [4.78, 5) is 42.8. The fourth-order valence-corrected chi connectivity index (χ4v) is 13.3. The fraction of sp³-hybridized carbons (Fsp3) is 0.732. The van der Waals surface area contributed by atoms with Crippen LogP contribution in [0.4, 0.5) is 0 Å². The second kappa shape index (κ2) is 9.84. The number of fused-ring (bicyclic) bond motifs is 10. The maximum Gasteiger partial charge on any atom is 0.303 e. The summed E-state index contributed by atoms with van der Waals surface area (Å²) >= 11 is 0. The number of ether oxygens (including phenoxy) is 5.